The Morgan fingerprint density at radius 2 is 1.92 bits per heavy atom. The van der Waals surface area contributed by atoms with Crippen molar-refractivity contribution >= 4 is 18.1 Å². The molecule has 0 saturated carbocycles. The maximum Gasteiger partial charge on any atom is 0.511 e. The predicted molar refractivity (Wildman–Crippen MR) is 44.3 cm³/mol. The van der Waals surface area contributed by atoms with Crippen molar-refractivity contribution in [3.8, 4) is 6.07 Å². The summed E-state index contributed by atoms with van der Waals surface area (Å²) in [6.45, 7) is -5.08. The third kappa shape index (κ3) is 1.93. The summed E-state index contributed by atoms with van der Waals surface area (Å²) in [4.78, 5) is 0. The summed E-state index contributed by atoms with van der Waals surface area (Å²) in [5, 5.41) is 8.37. The maximum absolute atomic E-state index is 12.2. The fraction of sp³-hybridized carbons (Fsp3) is 0. The van der Waals surface area contributed by atoms with Crippen LogP contribution in [0.2, 0.25) is 0 Å². The molecule has 13 heavy (non-hydrogen) atoms. The van der Waals surface area contributed by atoms with E-state index in [-0.39, 0.29) is 5.56 Å². The van der Waals surface area contributed by atoms with Crippen molar-refractivity contribution in [1.82, 2.24) is 0 Å². The van der Waals surface area contributed by atoms with Gasteiger partial charge in [-0.1, -0.05) is 11.5 Å². The lowest BCUT2D eigenvalue weighted by Crippen LogP contribution is -2.36. The van der Waals surface area contributed by atoms with Gasteiger partial charge in [0, 0.05) is 5.69 Å². The second-order valence-electron chi connectivity index (χ2n) is 2.53. The Labute approximate surface area is 72.8 Å². The molecule has 0 radical (unpaired) electrons. The van der Waals surface area contributed by atoms with Crippen LogP contribution >= 0.6 is 0 Å². The minimum absolute atomic E-state index is 0.126. The van der Waals surface area contributed by atoms with Crippen molar-refractivity contribution < 1.29 is 12.9 Å². The summed E-state index contributed by atoms with van der Waals surface area (Å²) in [5.74, 6) is 0. The number of benzene rings is 1. The summed E-state index contributed by atoms with van der Waals surface area (Å²) in [7, 11) is 0. The third-order valence-electron chi connectivity index (χ3n) is 1.57. The number of nitrogens with two attached hydrogens (primary N) is 1. The van der Waals surface area contributed by atoms with Gasteiger partial charge in [-0.25, -0.2) is 0 Å². The Hall–Kier alpha value is -1.64. The third-order valence-corrected chi connectivity index (χ3v) is 1.57. The first kappa shape index (κ1) is 9.45. The lowest BCUT2D eigenvalue weighted by atomic mass is 9.78. The Morgan fingerprint density at radius 3 is 2.31 bits per heavy atom. The van der Waals surface area contributed by atoms with E-state index in [1.807, 2.05) is 0 Å². The van der Waals surface area contributed by atoms with Gasteiger partial charge in [0.05, 0.1) is 11.6 Å². The topological polar surface area (TPSA) is 49.8 Å². The van der Waals surface area contributed by atoms with Crippen LogP contribution in [0.5, 0.6) is 0 Å². The van der Waals surface area contributed by atoms with Gasteiger partial charge in [0.15, 0.2) is 0 Å². The molecule has 0 fully saturated rings. The highest BCUT2D eigenvalue weighted by Crippen LogP contribution is 2.14. The largest absolute Gasteiger partial charge is 0.511 e. The van der Waals surface area contributed by atoms with Crippen molar-refractivity contribution in [2.45, 2.75) is 0 Å². The molecule has 0 bridgehead atoms. The number of halogens is 3. The fourth-order valence-electron chi connectivity index (χ4n) is 0.942. The number of rotatable bonds is 1. The zero-order valence-corrected chi connectivity index (χ0v) is 6.47. The standard InChI is InChI=1S/C7H5BF3N2/c9-8(10,11)6-2-1-5(4-12)3-7(6)13/h1-3H,13H2/q-1. The van der Waals surface area contributed by atoms with Crippen molar-refractivity contribution in [1.29, 1.82) is 5.26 Å². The first-order chi connectivity index (χ1) is 5.95. The number of nitriles is 1. The molecule has 6 heteroatoms. The van der Waals surface area contributed by atoms with Crippen LogP contribution in [0.3, 0.4) is 0 Å². The van der Waals surface area contributed by atoms with Crippen molar-refractivity contribution in [2.24, 2.45) is 0 Å². The number of nitrogens with zero attached hydrogens (tertiary/aromatic N) is 1. The van der Waals surface area contributed by atoms with E-state index in [1.54, 1.807) is 6.07 Å². The summed E-state index contributed by atoms with van der Waals surface area (Å²) >= 11 is 0. The van der Waals surface area contributed by atoms with Crippen LogP contribution in [0.4, 0.5) is 18.6 Å². The molecule has 1 aromatic carbocycles. The van der Waals surface area contributed by atoms with Gasteiger partial charge in [0.25, 0.3) is 0 Å². The Kier molecular flexibility index (Phi) is 2.19. The molecule has 1 aromatic rings. The highest BCUT2D eigenvalue weighted by atomic mass is 19.4. The van der Waals surface area contributed by atoms with E-state index < -0.39 is 18.1 Å². The maximum atomic E-state index is 12.2. The lowest BCUT2D eigenvalue weighted by molar-refractivity contribution is 0.501. The van der Waals surface area contributed by atoms with Crippen LogP contribution < -0.4 is 11.2 Å². The van der Waals surface area contributed by atoms with Gasteiger partial charge in [-0.05, 0) is 12.1 Å². The number of anilines is 1. The van der Waals surface area contributed by atoms with Crippen LogP contribution in [0.1, 0.15) is 5.56 Å². The molecule has 0 unspecified atom stereocenters. The minimum Gasteiger partial charge on any atom is -0.445 e. The molecule has 0 spiro atoms. The second-order valence-corrected chi connectivity index (χ2v) is 2.53. The summed E-state index contributed by atoms with van der Waals surface area (Å²) in [6, 6.07) is 4.65. The molecule has 1 rings (SSSR count). The van der Waals surface area contributed by atoms with Gasteiger partial charge in [0.2, 0.25) is 0 Å². The van der Waals surface area contributed by atoms with Gasteiger partial charge < -0.3 is 18.7 Å². The molecule has 2 nitrogen and oxygen atoms in total. The predicted octanol–water partition coefficient (Wildman–Crippen LogP) is 1.19. The van der Waals surface area contributed by atoms with E-state index >= 15 is 0 Å². The molecule has 2 N–H and O–H groups in total. The molecule has 0 atom stereocenters. The van der Waals surface area contributed by atoms with Crippen LogP contribution in [0.25, 0.3) is 0 Å². The summed E-state index contributed by atoms with van der Waals surface area (Å²) < 4.78 is 36.6. The molecule has 0 aromatic heterocycles. The van der Waals surface area contributed by atoms with Gasteiger partial charge in [-0.15, -0.1) is 0 Å². The molecule has 0 aliphatic heterocycles. The van der Waals surface area contributed by atoms with Crippen LogP contribution in [0.15, 0.2) is 18.2 Å². The summed E-state index contributed by atoms with van der Waals surface area (Å²) in [5.41, 5.74) is 4.01. The van der Waals surface area contributed by atoms with Gasteiger partial charge in [0.1, 0.15) is 0 Å². The van der Waals surface area contributed by atoms with Crippen LogP contribution in [-0.4, -0.2) is 6.98 Å². The van der Waals surface area contributed by atoms with Crippen LogP contribution in [0, 0.1) is 11.3 Å². The molecule has 0 amide bonds. The van der Waals surface area contributed by atoms with E-state index in [0.29, 0.717) is 0 Å². The van der Waals surface area contributed by atoms with Gasteiger partial charge >= 0.3 is 6.98 Å². The molecule has 68 valence electrons. The Balaban J connectivity index is 3.23. The van der Waals surface area contributed by atoms with E-state index in [2.05, 4.69) is 0 Å². The molecule has 0 heterocycles. The SMILES string of the molecule is N#Cc1ccc([B-](F)(F)F)c(N)c1. The smallest absolute Gasteiger partial charge is 0.445 e. The fourth-order valence-corrected chi connectivity index (χ4v) is 0.942. The lowest BCUT2D eigenvalue weighted by Gasteiger charge is -2.16. The van der Waals surface area contributed by atoms with Crippen molar-refractivity contribution in [2.75, 3.05) is 5.73 Å². The molecule has 0 aliphatic carbocycles. The zero-order valence-electron chi connectivity index (χ0n) is 6.47. The highest BCUT2D eigenvalue weighted by molar-refractivity contribution is 6.75. The van der Waals surface area contributed by atoms with Gasteiger partial charge in [-0.2, -0.15) is 5.26 Å². The molecular formula is C7H5BF3N2-. The monoisotopic (exact) mass is 185 g/mol. The Bertz CT molecular complexity index is 367. The van der Waals surface area contributed by atoms with Gasteiger partial charge in [-0.3, -0.25) is 0 Å². The first-order valence-corrected chi connectivity index (χ1v) is 3.44. The normalized spacial score (nSPS) is 10.9. The summed E-state index contributed by atoms with van der Waals surface area (Å²) in [6.07, 6.45) is 0. The molecular weight excluding hydrogens is 180 g/mol. The van der Waals surface area contributed by atoms with E-state index in [9.17, 15) is 12.9 Å². The number of hydrogen-bond acceptors (Lipinski definition) is 2. The average molecular weight is 185 g/mol. The molecule has 0 saturated heterocycles. The van der Waals surface area contributed by atoms with Crippen LogP contribution in [-0.2, 0) is 0 Å². The van der Waals surface area contributed by atoms with E-state index in [0.717, 1.165) is 18.2 Å². The average Bonchev–Trinajstić information content (AvgIpc) is 2.01. The number of hydrogen-bond donors (Lipinski definition) is 1. The zero-order chi connectivity index (χ0) is 10.1. The first-order valence-electron chi connectivity index (χ1n) is 3.44. The second kappa shape index (κ2) is 3.01. The highest BCUT2D eigenvalue weighted by Gasteiger charge is 2.27. The van der Waals surface area contributed by atoms with Crippen molar-refractivity contribution in [3.05, 3.63) is 23.8 Å². The number of nitrogen functional groups attached to an aromatic ring is 1. The molecule has 0 aliphatic rings. The van der Waals surface area contributed by atoms with E-state index in [1.165, 1.54) is 0 Å². The van der Waals surface area contributed by atoms with E-state index in [4.69, 9.17) is 11.0 Å². The van der Waals surface area contributed by atoms with Crippen molar-refractivity contribution in [3.63, 3.8) is 0 Å². The quantitative estimate of drug-likeness (QED) is 0.527. The minimum atomic E-state index is -5.08. The Morgan fingerprint density at radius 1 is 1.31 bits per heavy atom.